The van der Waals surface area contributed by atoms with Crippen LogP contribution in [-0.4, -0.2) is 35.3 Å². The first-order chi connectivity index (χ1) is 8.15. The van der Waals surface area contributed by atoms with E-state index in [1.807, 2.05) is 11.8 Å². The van der Waals surface area contributed by atoms with Crippen molar-refractivity contribution in [1.82, 2.24) is 10.6 Å². The number of hydrogen-bond acceptors (Lipinski definition) is 4. The van der Waals surface area contributed by atoms with Gasteiger partial charge in [-0.15, -0.1) is 0 Å². The lowest BCUT2D eigenvalue weighted by Gasteiger charge is -2.34. The fourth-order valence-corrected chi connectivity index (χ4v) is 3.18. The van der Waals surface area contributed by atoms with E-state index in [2.05, 4.69) is 21.9 Å². The van der Waals surface area contributed by atoms with Gasteiger partial charge >= 0.3 is 11.8 Å². The van der Waals surface area contributed by atoms with Crippen molar-refractivity contribution in [3.63, 3.8) is 0 Å². The normalized spacial score (nSPS) is 23.2. The van der Waals surface area contributed by atoms with Crippen LogP contribution in [0.3, 0.4) is 0 Å². The second-order valence-corrected chi connectivity index (χ2v) is 5.80. The molecule has 2 amide bonds. The Morgan fingerprint density at radius 1 is 1.18 bits per heavy atom. The van der Waals surface area contributed by atoms with Crippen molar-refractivity contribution >= 4 is 29.5 Å². The molecule has 1 aliphatic heterocycles. The van der Waals surface area contributed by atoms with Gasteiger partial charge in [0.25, 0.3) is 0 Å². The van der Waals surface area contributed by atoms with Crippen LogP contribution in [0.2, 0.25) is 0 Å². The van der Waals surface area contributed by atoms with Crippen molar-refractivity contribution in [3.05, 3.63) is 0 Å². The molecule has 5 nitrogen and oxygen atoms in total. The lowest BCUT2D eigenvalue weighted by Crippen LogP contribution is -2.34. The summed E-state index contributed by atoms with van der Waals surface area (Å²) in [6.45, 7) is 0.657. The molecule has 0 atom stereocenters. The van der Waals surface area contributed by atoms with Crippen LogP contribution >= 0.6 is 11.8 Å². The summed E-state index contributed by atoms with van der Waals surface area (Å²) in [5.41, 5.74) is 0. The van der Waals surface area contributed by atoms with Crippen LogP contribution in [0, 0.1) is 0 Å². The molecule has 2 aliphatic rings. The van der Waals surface area contributed by atoms with E-state index in [0.29, 0.717) is 12.5 Å². The molecule has 17 heavy (non-hydrogen) atoms. The molecule has 0 radical (unpaired) electrons. The van der Waals surface area contributed by atoms with Gasteiger partial charge < -0.3 is 0 Å². The highest BCUT2D eigenvalue weighted by molar-refractivity contribution is 8.00. The summed E-state index contributed by atoms with van der Waals surface area (Å²) in [5.74, 6) is -0.935. The predicted octanol–water partition coefficient (Wildman–Crippen LogP) is 0.654. The van der Waals surface area contributed by atoms with Gasteiger partial charge in [0.05, 0.1) is 6.54 Å². The molecule has 2 rings (SSSR count). The second kappa shape index (κ2) is 5.08. The molecule has 0 aromatic carbocycles. The number of aliphatic imine (C=N–C) groups is 1. The Hall–Kier alpha value is -1.04. The summed E-state index contributed by atoms with van der Waals surface area (Å²) in [7, 11) is 0. The smallest absolute Gasteiger partial charge is 0.288 e. The summed E-state index contributed by atoms with van der Waals surface area (Å²) in [6, 6.07) is 0. The van der Waals surface area contributed by atoms with Gasteiger partial charge in [-0.3, -0.25) is 25.2 Å². The van der Waals surface area contributed by atoms with Crippen LogP contribution in [0.1, 0.15) is 32.1 Å². The van der Waals surface area contributed by atoms with E-state index >= 15 is 0 Å². The fraction of sp³-hybridized carbons (Fsp3) is 0.727. The maximum atomic E-state index is 11.0. The Morgan fingerprint density at radius 2 is 1.76 bits per heavy atom. The number of nitrogens with one attached hydrogen (secondary N) is 2. The number of carbonyl (C=O) groups excluding carboxylic acids is 2. The lowest BCUT2D eigenvalue weighted by atomic mass is 9.88. The summed E-state index contributed by atoms with van der Waals surface area (Å²) < 4.78 is 0.184. The predicted molar refractivity (Wildman–Crippen MR) is 67.9 cm³/mol. The molecular weight excluding hydrogens is 238 g/mol. The van der Waals surface area contributed by atoms with E-state index in [1.165, 1.54) is 19.3 Å². The molecule has 0 spiro atoms. The van der Waals surface area contributed by atoms with E-state index in [4.69, 9.17) is 0 Å². The topological polar surface area (TPSA) is 70.6 Å². The Balaban J connectivity index is 1.98. The minimum absolute atomic E-state index is 0.184. The summed E-state index contributed by atoms with van der Waals surface area (Å²) in [5, 5.41) is 4.85. The molecule has 1 saturated carbocycles. The molecule has 6 heteroatoms. The number of rotatable bonds is 3. The van der Waals surface area contributed by atoms with Crippen LogP contribution < -0.4 is 10.6 Å². The van der Waals surface area contributed by atoms with Crippen molar-refractivity contribution in [2.24, 2.45) is 4.99 Å². The Labute approximate surface area is 105 Å². The monoisotopic (exact) mass is 255 g/mol. The van der Waals surface area contributed by atoms with Gasteiger partial charge in [-0.1, -0.05) is 19.3 Å². The van der Waals surface area contributed by atoms with Crippen molar-refractivity contribution < 1.29 is 9.59 Å². The quantitative estimate of drug-likeness (QED) is 0.728. The molecule has 1 aliphatic carbocycles. The Kier molecular flexibility index (Phi) is 3.71. The maximum absolute atomic E-state index is 11.0. The van der Waals surface area contributed by atoms with Crippen LogP contribution in [0.15, 0.2) is 4.99 Å². The van der Waals surface area contributed by atoms with Crippen molar-refractivity contribution in [2.75, 3.05) is 12.8 Å². The lowest BCUT2D eigenvalue weighted by molar-refractivity contribution is -0.135. The average molecular weight is 255 g/mol. The number of nitrogens with zero attached hydrogens (tertiary/aromatic N) is 1. The summed E-state index contributed by atoms with van der Waals surface area (Å²) >= 11 is 1.85. The van der Waals surface area contributed by atoms with Crippen LogP contribution in [-0.2, 0) is 9.59 Å². The third-order valence-electron chi connectivity index (χ3n) is 3.39. The first-order valence-corrected chi connectivity index (χ1v) is 7.10. The van der Waals surface area contributed by atoms with Gasteiger partial charge in [-0.05, 0) is 19.1 Å². The largest absolute Gasteiger partial charge is 0.316 e. The molecule has 0 unspecified atom stereocenters. The van der Waals surface area contributed by atoms with E-state index in [0.717, 1.165) is 12.8 Å². The minimum atomic E-state index is -0.620. The number of carbonyl (C=O) groups is 2. The number of guanidine groups is 1. The maximum Gasteiger partial charge on any atom is 0.316 e. The molecule has 0 bridgehead atoms. The number of amides is 2. The van der Waals surface area contributed by atoms with Gasteiger partial charge in [0, 0.05) is 4.75 Å². The van der Waals surface area contributed by atoms with Crippen LogP contribution in [0.4, 0.5) is 0 Å². The number of hydrogen-bond donors (Lipinski definition) is 2. The zero-order valence-corrected chi connectivity index (χ0v) is 10.7. The highest BCUT2D eigenvalue weighted by Crippen LogP contribution is 2.38. The van der Waals surface area contributed by atoms with Gasteiger partial charge in [0.1, 0.15) is 0 Å². The highest BCUT2D eigenvalue weighted by atomic mass is 32.2. The zero-order chi connectivity index (χ0) is 12.3. The van der Waals surface area contributed by atoms with Gasteiger partial charge in [0.15, 0.2) is 0 Å². The van der Waals surface area contributed by atoms with Gasteiger partial charge in [0.2, 0.25) is 5.96 Å². The van der Waals surface area contributed by atoms with Crippen LogP contribution in [0.25, 0.3) is 0 Å². The Bertz CT molecular complexity index is 344. The van der Waals surface area contributed by atoms with Crippen molar-refractivity contribution in [3.8, 4) is 0 Å². The third kappa shape index (κ3) is 2.80. The fourth-order valence-electron chi connectivity index (χ4n) is 2.28. The number of thioether (sulfide) groups is 1. The van der Waals surface area contributed by atoms with Gasteiger partial charge in [-0.2, -0.15) is 11.8 Å². The average Bonchev–Trinajstić information content (AvgIpc) is 2.68. The standard InChI is InChI=1S/C11H17N3O2S/c1-17-11(5-3-2-4-6-11)7-12-10-13-8(15)9(16)14-10/h2-7H2,1H3,(H2,12,13,14,15,16). The van der Waals surface area contributed by atoms with E-state index in [1.54, 1.807) is 0 Å². The molecule has 0 aromatic heterocycles. The molecule has 1 saturated heterocycles. The first kappa shape index (κ1) is 12.4. The first-order valence-electron chi connectivity index (χ1n) is 5.87. The van der Waals surface area contributed by atoms with Gasteiger partial charge in [-0.25, -0.2) is 0 Å². The van der Waals surface area contributed by atoms with Crippen molar-refractivity contribution in [2.45, 2.75) is 36.9 Å². The highest BCUT2D eigenvalue weighted by Gasteiger charge is 2.32. The molecule has 0 aromatic rings. The SMILES string of the molecule is CSC1(CN=C2NC(=O)C(=O)N2)CCCCC1. The molecule has 2 fully saturated rings. The van der Waals surface area contributed by atoms with E-state index < -0.39 is 11.8 Å². The minimum Gasteiger partial charge on any atom is -0.288 e. The molecule has 1 heterocycles. The molecule has 2 N–H and O–H groups in total. The third-order valence-corrected chi connectivity index (χ3v) is 4.80. The van der Waals surface area contributed by atoms with Crippen LogP contribution in [0.5, 0.6) is 0 Å². The summed E-state index contributed by atoms with van der Waals surface area (Å²) in [4.78, 5) is 26.3. The molecule has 94 valence electrons. The van der Waals surface area contributed by atoms with E-state index in [-0.39, 0.29) is 4.75 Å². The van der Waals surface area contributed by atoms with E-state index in [9.17, 15) is 9.59 Å². The summed E-state index contributed by atoms with van der Waals surface area (Å²) in [6.07, 6.45) is 8.21. The zero-order valence-electron chi connectivity index (χ0n) is 9.91. The molecular formula is C11H17N3O2S. The second-order valence-electron chi connectivity index (χ2n) is 4.52. The Morgan fingerprint density at radius 3 is 2.29 bits per heavy atom. The van der Waals surface area contributed by atoms with Crippen molar-refractivity contribution in [1.29, 1.82) is 0 Å².